The van der Waals surface area contributed by atoms with Crippen LogP contribution in [0.3, 0.4) is 0 Å². The number of fused-ring (bicyclic) bond motifs is 1. The number of pyridine rings is 1. The number of carbonyl (C=O) groups excluding carboxylic acids is 1. The van der Waals surface area contributed by atoms with Gasteiger partial charge in [0.15, 0.2) is 5.65 Å². The fourth-order valence-corrected chi connectivity index (χ4v) is 2.41. The number of hydrogen-bond acceptors (Lipinski definition) is 5. The average molecular weight is 340 g/mol. The van der Waals surface area contributed by atoms with E-state index in [1.165, 1.54) is 0 Å². The minimum Gasteiger partial charge on any atom is -0.491 e. The Morgan fingerprint density at radius 1 is 1.16 bits per heavy atom. The number of amides is 1. The Labute approximate surface area is 145 Å². The Hall–Kier alpha value is -2.93. The minimum absolute atomic E-state index is 0.0933. The van der Waals surface area contributed by atoms with Crippen molar-refractivity contribution in [3.8, 4) is 5.75 Å². The first-order chi connectivity index (χ1) is 12.1. The summed E-state index contributed by atoms with van der Waals surface area (Å²) in [6, 6.07) is 11.1. The van der Waals surface area contributed by atoms with Gasteiger partial charge in [0.1, 0.15) is 18.2 Å². The molecule has 25 heavy (non-hydrogen) atoms. The first-order valence-corrected chi connectivity index (χ1v) is 7.97. The number of methoxy groups -OCH3 is 1. The largest absolute Gasteiger partial charge is 0.491 e. The van der Waals surface area contributed by atoms with Crippen molar-refractivity contribution in [2.45, 2.75) is 13.3 Å². The lowest BCUT2D eigenvalue weighted by atomic mass is 10.1. The number of nitrogens with zero attached hydrogens (tertiary/aromatic N) is 3. The van der Waals surface area contributed by atoms with E-state index in [0.717, 1.165) is 17.0 Å². The van der Waals surface area contributed by atoms with Crippen LogP contribution in [0, 0.1) is 6.92 Å². The fourth-order valence-electron chi connectivity index (χ4n) is 2.41. The molecule has 3 aromatic rings. The smallest absolute Gasteiger partial charge is 0.228 e. The summed E-state index contributed by atoms with van der Waals surface area (Å²) in [6.07, 6.45) is 2.03. The summed E-state index contributed by atoms with van der Waals surface area (Å²) >= 11 is 0. The first kappa shape index (κ1) is 16.9. The molecule has 7 nitrogen and oxygen atoms in total. The molecule has 0 aliphatic rings. The molecule has 0 saturated heterocycles. The molecule has 0 spiro atoms. The average Bonchev–Trinajstić information content (AvgIpc) is 2.96. The van der Waals surface area contributed by atoms with E-state index in [4.69, 9.17) is 9.47 Å². The van der Waals surface area contributed by atoms with Gasteiger partial charge in [-0.3, -0.25) is 4.79 Å². The van der Waals surface area contributed by atoms with Gasteiger partial charge in [0.25, 0.3) is 0 Å². The van der Waals surface area contributed by atoms with Crippen LogP contribution >= 0.6 is 0 Å². The molecule has 0 bridgehead atoms. The molecule has 0 aliphatic heterocycles. The zero-order chi connectivity index (χ0) is 17.6. The number of ether oxygens (including phenoxy) is 2. The minimum atomic E-state index is -0.0933. The van der Waals surface area contributed by atoms with Gasteiger partial charge in [0.2, 0.25) is 5.91 Å². The zero-order valence-corrected chi connectivity index (χ0v) is 14.2. The normalized spacial score (nSPS) is 10.8. The highest BCUT2D eigenvalue weighted by atomic mass is 16.5. The summed E-state index contributed by atoms with van der Waals surface area (Å²) in [7, 11) is 1.63. The molecule has 0 aliphatic carbocycles. The number of benzene rings is 1. The van der Waals surface area contributed by atoms with Crippen molar-refractivity contribution < 1.29 is 14.3 Å². The van der Waals surface area contributed by atoms with Crippen molar-refractivity contribution in [3.63, 3.8) is 0 Å². The van der Waals surface area contributed by atoms with Gasteiger partial charge in [-0.1, -0.05) is 12.1 Å². The van der Waals surface area contributed by atoms with Crippen LogP contribution in [0.1, 0.15) is 11.4 Å². The number of carbonyl (C=O) groups is 1. The third-order valence-corrected chi connectivity index (χ3v) is 3.56. The van der Waals surface area contributed by atoms with Gasteiger partial charge < -0.3 is 14.8 Å². The van der Waals surface area contributed by atoms with Crippen molar-refractivity contribution in [3.05, 3.63) is 54.0 Å². The Morgan fingerprint density at radius 3 is 2.72 bits per heavy atom. The van der Waals surface area contributed by atoms with E-state index in [9.17, 15) is 4.79 Å². The third kappa shape index (κ3) is 4.54. The number of aryl methyl sites for hydroxylation is 1. The lowest BCUT2D eigenvalue weighted by molar-refractivity contribution is -0.115. The van der Waals surface area contributed by atoms with Gasteiger partial charge in [0.05, 0.1) is 24.9 Å². The van der Waals surface area contributed by atoms with Gasteiger partial charge in [-0.05, 0) is 36.8 Å². The number of aromatic nitrogens is 3. The SMILES string of the molecule is COCCOc1ccc(CC(=O)Nc2ccc3nc(C)nn3c2)cc1. The Balaban J connectivity index is 1.57. The molecule has 130 valence electrons. The Kier molecular flexibility index (Phi) is 5.25. The maximum Gasteiger partial charge on any atom is 0.228 e. The van der Waals surface area contributed by atoms with Crippen LogP contribution in [-0.2, 0) is 16.0 Å². The van der Waals surface area contributed by atoms with Crippen molar-refractivity contribution >= 4 is 17.2 Å². The maximum atomic E-state index is 12.2. The van der Waals surface area contributed by atoms with Crippen LogP contribution in [0.25, 0.3) is 5.65 Å². The highest BCUT2D eigenvalue weighted by Crippen LogP contribution is 2.14. The predicted octanol–water partition coefficient (Wildman–Crippen LogP) is 2.24. The fraction of sp³-hybridized carbons (Fsp3) is 0.278. The molecule has 1 amide bonds. The number of anilines is 1. The molecular formula is C18H20N4O3. The molecule has 0 saturated carbocycles. The Bertz CT molecular complexity index is 858. The monoisotopic (exact) mass is 340 g/mol. The summed E-state index contributed by atoms with van der Waals surface area (Å²) in [6.45, 7) is 2.87. The summed E-state index contributed by atoms with van der Waals surface area (Å²) in [5.41, 5.74) is 2.34. The van der Waals surface area contributed by atoms with Crippen LogP contribution in [-0.4, -0.2) is 40.8 Å². The van der Waals surface area contributed by atoms with Gasteiger partial charge in [-0.15, -0.1) is 0 Å². The summed E-state index contributed by atoms with van der Waals surface area (Å²) in [4.78, 5) is 16.5. The standard InChI is InChI=1S/C18H20N4O3/c1-13-19-17-8-5-15(12-22(17)21-13)20-18(23)11-14-3-6-16(7-4-14)25-10-9-24-2/h3-8,12H,9-11H2,1-2H3,(H,20,23). The van der Waals surface area contributed by atoms with E-state index >= 15 is 0 Å². The van der Waals surface area contributed by atoms with E-state index in [1.807, 2.05) is 43.3 Å². The summed E-state index contributed by atoms with van der Waals surface area (Å²) in [5, 5.41) is 7.11. The molecule has 0 fully saturated rings. The highest BCUT2D eigenvalue weighted by molar-refractivity contribution is 5.92. The van der Waals surface area contributed by atoms with Gasteiger partial charge in [-0.25, -0.2) is 9.50 Å². The van der Waals surface area contributed by atoms with E-state index in [2.05, 4.69) is 15.4 Å². The Morgan fingerprint density at radius 2 is 1.96 bits per heavy atom. The maximum absolute atomic E-state index is 12.2. The topological polar surface area (TPSA) is 77.8 Å². The summed E-state index contributed by atoms with van der Waals surface area (Å²) in [5.74, 6) is 1.36. The van der Waals surface area contributed by atoms with Gasteiger partial charge in [0, 0.05) is 7.11 Å². The lowest BCUT2D eigenvalue weighted by Gasteiger charge is -2.08. The molecule has 1 N–H and O–H groups in total. The molecule has 0 atom stereocenters. The molecule has 1 aromatic carbocycles. The van der Waals surface area contributed by atoms with E-state index in [0.29, 0.717) is 24.7 Å². The van der Waals surface area contributed by atoms with E-state index in [-0.39, 0.29) is 12.3 Å². The van der Waals surface area contributed by atoms with Crippen LogP contribution < -0.4 is 10.1 Å². The molecular weight excluding hydrogens is 320 g/mol. The van der Waals surface area contributed by atoms with Gasteiger partial charge >= 0.3 is 0 Å². The van der Waals surface area contributed by atoms with Crippen molar-refractivity contribution in [1.82, 2.24) is 14.6 Å². The third-order valence-electron chi connectivity index (χ3n) is 3.56. The number of hydrogen-bond donors (Lipinski definition) is 1. The van der Waals surface area contributed by atoms with Crippen LogP contribution in [0.5, 0.6) is 5.75 Å². The van der Waals surface area contributed by atoms with Crippen molar-refractivity contribution in [2.24, 2.45) is 0 Å². The van der Waals surface area contributed by atoms with Crippen LogP contribution in [0.4, 0.5) is 5.69 Å². The van der Waals surface area contributed by atoms with Crippen molar-refractivity contribution in [2.75, 3.05) is 25.6 Å². The second kappa shape index (κ2) is 7.76. The zero-order valence-electron chi connectivity index (χ0n) is 14.2. The molecule has 2 aromatic heterocycles. The predicted molar refractivity (Wildman–Crippen MR) is 93.9 cm³/mol. The lowest BCUT2D eigenvalue weighted by Crippen LogP contribution is -2.14. The molecule has 2 heterocycles. The quantitative estimate of drug-likeness (QED) is 0.668. The van der Waals surface area contributed by atoms with Crippen molar-refractivity contribution in [1.29, 1.82) is 0 Å². The van der Waals surface area contributed by atoms with E-state index in [1.54, 1.807) is 17.8 Å². The first-order valence-electron chi connectivity index (χ1n) is 7.97. The number of rotatable bonds is 7. The molecule has 3 rings (SSSR count). The second-order valence-electron chi connectivity index (χ2n) is 5.59. The van der Waals surface area contributed by atoms with Crippen LogP contribution in [0.15, 0.2) is 42.6 Å². The molecule has 0 radical (unpaired) electrons. The van der Waals surface area contributed by atoms with Crippen LogP contribution in [0.2, 0.25) is 0 Å². The summed E-state index contributed by atoms with van der Waals surface area (Å²) < 4.78 is 12.1. The molecule has 7 heteroatoms. The number of nitrogens with one attached hydrogen (secondary N) is 1. The highest BCUT2D eigenvalue weighted by Gasteiger charge is 2.06. The molecule has 0 unspecified atom stereocenters. The second-order valence-corrected chi connectivity index (χ2v) is 5.59. The van der Waals surface area contributed by atoms with Gasteiger partial charge in [-0.2, -0.15) is 5.10 Å². The van der Waals surface area contributed by atoms with E-state index < -0.39 is 0 Å².